The van der Waals surface area contributed by atoms with Crippen LogP contribution in [0.25, 0.3) is 11.6 Å². The van der Waals surface area contributed by atoms with Crippen molar-refractivity contribution in [2.45, 2.75) is 44.5 Å². The summed E-state index contributed by atoms with van der Waals surface area (Å²) in [6.45, 7) is 4.26. The van der Waals surface area contributed by atoms with E-state index in [-0.39, 0.29) is 18.7 Å². The van der Waals surface area contributed by atoms with E-state index in [0.717, 1.165) is 28.4 Å². The molecule has 0 bridgehead atoms. The zero-order chi connectivity index (χ0) is 28.2. The first-order valence-electron chi connectivity index (χ1n) is 14.0. The highest BCUT2D eigenvalue weighted by Gasteiger charge is 2.38. The molecule has 212 valence electrons. The number of aliphatic hydroxyl groups is 3. The zero-order valence-electron chi connectivity index (χ0n) is 22.7. The number of thiophene rings is 1. The summed E-state index contributed by atoms with van der Waals surface area (Å²) in [6, 6.07) is 5.90. The van der Waals surface area contributed by atoms with Gasteiger partial charge in [0.1, 0.15) is 23.9 Å². The van der Waals surface area contributed by atoms with Crippen LogP contribution in [0.15, 0.2) is 59.4 Å². The van der Waals surface area contributed by atoms with Crippen LogP contribution in [0, 0.1) is 29.1 Å². The third-order valence-electron chi connectivity index (χ3n) is 8.24. The van der Waals surface area contributed by atoms with Crippen molar-refractivity contribution in [2.75, 3.05) is 32.8 Å². The largest absolute Gasteiger partial charge is 0.394 e. The third-order valence-corrected chi connectivity index (χ3v) is 9.32. The summed E-state index contributed by atoms with van der Waals surface area (Å²) in [4.78, 5) is 17.1. The summed E-state index contributed by atoms with van der Waals surface area (Å²) >= 11 is 1.53. The molecule has 4 N–H and O–H groups in total. The molecule has 1 aromatic rings. The first-order chi connectivity index (χ1) is 19.4. The molecule has 9 heteroatoms. The number of nitrogens with one attached hydrogen (secondary N) is 1. The van der Waals surface area contributed by atoms with Gasteiger partial charge in [0.05, 0.1) is 19.3 Å². The Labute approximate surface area is 239 Å². The van der Waals surface area contributed by atoms with Crippen LogP contribution in [0.3, 0.4) is 0 Å². The van der Waals surface area contributed by atoms with Crippen molar-refractivity contribution >= 4 is 28.9 Å². The summed E-state index contributed by atoms with van der Waals surface area (Å²) in [6.07, 6.45) is 13.6. The maximum absolute atomic E-state index is 12.7. The summed E-state index contributed by atoms with van der Waals surface area (Å²) < 4.78 is 5.36. The van der Waals surface area contributed by atoms with Gasteiger partial charge in [-0.2, -0.15) is 5.26 Å². The van der Waals surface area contributed by atoms with E-state index in [1.54, 1.807) is 6.08 Å². The Hall–Kier alpha value is -3.00. The lowest BCUT2D eigenvalue weighted by Gasteiger charge is -2.36. The van der Waals surface area contributed by atoms with Gasteiger partial charge in [-0.15, -0.1) is 11.3 Å². The highest BCUT2D eigenvalue weighted by Crippen LogP contribution is 2.39. The molecule has 8 nitrogen and oxygen atoms in total. The highest BCUT2D eigenvalue weighted by molar-refractivity contribution is 7.14. The van der Waals surface area contributed by atoms with Gasteiger partial charge in [-0.25, -0.2) is 0 Å². The molecule has 0 spiro atoms. The van der Waals surface area contributed by atoms with Gasteiger partial charge < -0.3 is 30.3 Å². The molecule has 2 saturated heterocycles. The first-order valence-corrected chi connectivity index (χ1v) is 14.9. The van der Waals surface area contributed by atoms with Crippen LogP contribution in [0.1, 0.15) is 35.9 Å². The molecule has 3 unspecified atom stereocenters. The topological polar surface area (TPSA) is 126 Å². The summed E-state index contributed by atoms with van der Waals surface area (Å²) in [5, 5.41) is 41.8. The minimum Gasteiger partial charge on any atom is -0.394 e. The number of piperidine rings is 1. The van der Waals surface area contributed by atoms with Crippen molar-refractivity contribution in [1.29, 1.82) is 5.26 Å². The lowest BCUT2D eigenvalue weighted by Crippen LogP contribution is -2.54. The fourth-order valence-corrected chi connectivity index (χ4v) is 6.78. The van der Waals surface area contributed by atoms with Gasteiger partial charge >= 0.3 is 0 Å². The Balaban J connectivity index is 1.22. The monoisotopic (exact) mass is 563 g/mol. The second kappa shape index (κ2) is 12.7. The van der Waals surface area contributed by atoms with Crippen LogP contribution in [0.4, 0.5) is 0 Å². The molecule has 2 aliphatic carbocycles. The van der Waals surface area contributed by atoms with Gasteiger partial charge in [-0.05, 0) is 60.6 Å². The van der Waals surface area contributed by atoms with Crippen LogP contribution in [-0.4, -0.2) is 77.3 Å². The minimum absolute atomic E-state index is 0.0327. The number of likely N-dealkylation sites (tertiary alicyclic amines) is 1. The number of hydrogen-bond acceptors (Lipinski definition) is 8. The molecule has 4 aliphatic rings. The SMILES string of the molecule is CC1C=C(N2CCCCC2)C=C2C=CC(c3ccc(/C=C(\C#N)C(=O)NCC4CO[C@H](CO)[C@@H](O)[C@@H]4O)s3)=CC21. The Morgan fingerprint density at radius 1 is 1.20 bits per heavy atom. The van der Waals surface area contributed by atoms with Crippen LogP contribution in [0.2, 0.25) is 0 Å². The van der Waals surface area contributed by atoms with E-state index in [9.17, 15) is 25.4 Å². The normalized spacial score (nSPS) is 30.5. The zero-order valence-corrected chi connectivity index (χ0v) is 23.5. The summed E-state index contributed by atoms with van der Waals surface area (Å²) in [5.41, 5.74) is 3.79. The standard InChI is InChI=1S/C31H37N3O5S/c1-19-11-24(34-9-3-2-4-10-34)12-20-5-6-21(14-26(19)20)28-8-7-25(40-28)13-22(15-32)31(38)33-16-23-18-39-27(17-35)30(37)29(23)36/h5-8,11-14,19,23,26-27,29-30,35-37H,2-4,9-10,16-18H2,1H3,(H,33,38)/b22-13+/t19?,23?,26?,27-,29-,30-/m1/s1. The van der Waals surface area contributed by atoms with Crippen molar-refractivity contribution in [1.82, 2.24) is 10.2 Å². The molecule has 0 aromatic carbocycles. The van der Waals surface area contributed by atoms with Crippen molar-refractivity contribution in [3.63, 3.8) is 0 Å². The first kappa shape index (κ1) is 28.5. The van der Waals surface area contributed by atoms with E-state index >= 15 is 0 Å². The van der Waals surface area contributed by atoms with Crippen molar-refractivity contribution in [3.8, 4) is 6.07 Å². The van der Waals surface area contributed by atoms with E-state index in [1.165, 1.54) is 41.9 Å². The Bertz CT molecular complexity index is 1300. The van der Waals surface area contributed by atoms with Crippen molar-refractivity contribution in [3.05, 3.63) is 69.1 Å². The molecule has 3 heterocycles. The molecule has 5 rings (SSSR count). The number of ether oxygens (including phenoxy) is 1. The number of nitrogens with zero attached hydrogens (tertiary/aromatic N) is 2. The van der Waals surface area contributed by atoms with E-state index in [4.69, 9.17) is 4.74 Å². The van der Waals surface area contributed by atoms with Gasteiger partial charge in [0, 0.05) is 46.9 Å². The van der Waals surface area contributed by atoms with Crippen LogP contribution >= 0.6 is 11.3 Å². The number of nitriles is 1. The van der Waals surface area contributed by atoms with Crippen LogP contribution < -0.4 is 5.32 Å². The Kier molecular flexibility index (Phi) is 9.03. The maximum atomic E-state index is 12.7. The molecule has 1 amide bonds. The second-order valence-corrected chi connectivity index (χ2v) is 12.1. The Morgan fingerprint density at radius 3 is 2.75 bits per heavy atom. The fourth-order valence-electron chi connectivity index (χ4n) is 5.83. The van der Waals surface area contributed by atoms with Crippen LogP contribution in [-0.2, 0) is 9.53 Å². The van der Waals surface area contributed by atoms with E-state index < -0.39 is 36.7 Å². The highest BCUT2D eigenvalue weighted by atomic mass is 32.1. The predicted octanol–water partition coefficient (Wildman–Crippen LogP) is 3.02. The quantitative estimate of drug-likeness (QED) is 0.297. The molecule has 2 fully saturated rings. The Morgan fingerprint density at radius 2 is 2.00 bits per heavy atom. The van der Waals surface area contributed by atoms with E-state index in [2.05, 4.69) is 47.5 Å². The van der Waals surface area contributed by atoms with Gasteiger partial charge in [-0.1, -0.05) is 31.2 Å². The van der Waals surface area contributed by atoms with Crippen molar-refractivity contribution < 1.29 is 24.9 Å². The van der Waals surface area contributed by atoms with Crippen LogP contribution in [0.5, 0.6) is 0 Å². The summed E-state index contributed by atoms with van der Waals surface area (Å²) in [5.74, 6) is -0.386. The number of fused-ring (bicyclic) bond motifs is 1. The third kappa shape index (κ3) is 6.17. The van der Waals surface area contributed by atoms with Crippen molar-refractivity contribution in [2.24, 2.45) is 17.8 Å². The summed E-state index contributed by atoms with van der Waals surface area (Å²) in [7, 11) is 0. The van der Waals surface area contributed by atoms with Gasteiger partial charge in [0.2, 0.25) is 0 Å². The lowest BCUT2D eigenvalue weighted by molar-refractivity contribution is -0.173. The number of carbonyl (C=O) groups excluding carboxylic acids is 1. The molecule has 0 radical (unpaired) electrons. The second-order valence-electron chi connectivity index (χ2n) is 11.0. The molecule has 1 aromatic heterocycles. The molecule has 0 saturated carbocycles. The molecular formula is C31H37N3O5S. The number of aliphatic hydroxyl groups excluding tert-OH is 3. The fraction of sp³-hybridized carbons (Fsp3) is 0.484. The minimum atomic E-state index is -1.24. The lowest BCUT2D eigenvalue weighted by atomic mass is 9.78. The molecule has 2 aliphatic heterocycles. The predicted molar refractivity (Wildman–Crippen MR) is 155 cm³/mol. The number of hydrogen-bond donors (Lipinski definition) is 4. The number of carbonyl (C=O) groups is 1. The molecule has 6 atom stereocenters. The number of allylic oxidation sites excluding steroid dienone is 7. The van der Waals surface area contributed by atoms with E-state index in [1.807, 2.05) is 18.2 Å². The smallest absolute Gasteiger partial charge is 0.261 e. The average molecular weight is 564 g/mol. The van der Waals surface area contributed by atoms with E-state index in [0.29, 0.717) is 11.8 Å². The molecular weight excluding hydrogens is 526 g/mol. The molecule has 40 heavy (non-hydrogen) atoms. The number of rotatable bonds is 7. The van der Waals surface area contributed by atoms with Gasteiger partial charge in [-0.3, -0.25) is 4.79 Å². The van der Waals surface area contributed by atoms with Gasteiger partial charge in [0.25, 0.3) is 5.91 Å². The maximum Gasteiger partial charge on any atom is 0.261 e. The number of amides is 1. The average Bonchev–Trinajstić information content (AvgIpc) is 3.45. The van der Waals surface area contributed by atoms with Gasteiger partial charge in [0.15, 0.2) is 0 Å².